The monoisotopic (exact) mass is 426 g/mol. The molecule has 0 spiro atoms. The molecule has 0 aliphatic heterocycles. The second-order valence-electron chi connectivity index (χ2n) is 5.20. The predicted octanol–water partition coefficient (Wildman–Crippen LogP) is 5.26. The summed E-state index contributed by atoms with van der Waals surface area (Å²) in [4.78, 5) is 8.90. The average Bonchev–Trinajstić information content (AvgIpc) is 3.13. The number of aryl methyl sites for hydroxylation is 1. The zero-order valence-corrected chi connectivity index (χ0v) is 16.7. The summed E-state index contributed by atoms with van der Waals surface area (Å²) in [5, 5.41) is 0. The molecule has 25 heavy (non-hydrogen) atoms. The summed E-state index contributed by atoms with van der Waals surface area (Å²) in [5.74, 6) is 0. The summed E-state index contributed by atoms with van der Waals surface area (Å²) in [5.41, 5.74) is 2.74. The summed E-state index contributed by atoms with van der Waals surface area (Å²) < 4.78 is 35.3. The SMILES string of the molecule is Cc1ccc2sc(SSc3nc4cc(S(=O)(=O)O)ccc4s3)nc2c1. The Morgan fingerprint density at radius 2 is 1.48 bits per heavy atom. The zero-order valence-electron chi connectivity index (χ0n) is 12.7. The van der Waals surface area contributed by atoms with Crippen molar-refractivity contribution in [3.8, 4) is 0 Å². The molecular weight excluding hydrogens is 417 g/mol. The summed E-state index contributed by atoms with van der Waals surface area (Å²) in [6, 6.07) is 10.6. The van der Waals surface area contributed by atoms with Crippen molar-refractivity contribution >= 4 is 74.8 Å². The van der Waals surface area contributed by atoms with E-state index >= 15 is 0 Å². The van der Waals surface area contributed by atoms with Crippen molar-refractivity contribution in [3.05, 3.63) is 42.0 Å². The van der Waals surface area contributed by atoms with Crippen LogP contribution >= 0.6 is 44.3 Å². The second-order valence-corrected chi connectivity index (χ2v) is 11.3. The van der Waals surface area contributed by atoms with Gasteiger partial charge >= 0.3 is 0 Å². The van der Waals surface area contributed by atoms with Gasteiger partial charge in [0, 0.05) is 0 Å². The van der Waals surface area contributed by atoms with Crippen LogP contribution in [0.5, 0.6) is 0 Å². The number of thiazole rings is 2. The number of rotatable bonds is 4. The van der Waals surface area contributed by atoms with E-state index in [1.807, 2.05) is 6.92 Å². The van der Waals surface area contributed by atoms with Crippen LogP contribution in [0.1, 0.15) is 5.56 Å². The van der Waals surface area contributed by atoms with Gasteiger partial charge < -0.3 is 0 Å². The van der Waals surface area contributed by atoms with Crippen LogP contribution in [-0.2, 0) is 10.1 Å². The highest BCUT2D eigenvalue weighted by molar-refractivity contribution is 8.77. The predicted molar refractivity (Wildman–Crippen MR) is 106 cm³/mol. The maximum absolute atomic E-state index is 11.2. The molecule has 0 unspecified atom stereocenters. The quantitative estimate of drug-likeness (QED) is 0.352. The van der Waals surface area contributed by atoms with Gasteiger partial charge in [0.15, 0.2) is 8.68 Å². The molecule has 0 fully saturated rings. The van der Waals surface area contributed by atoms with Gasteiger partial charge in [-0.25, -0.2) is 9.97 Å². The van der Waals surface area contributed by atoms with Gasteiger partial charge in [-0.2, -0.15) is 8.42 Å². The molecule has 0 amide bonds. The van der Waals surface area contributed by atoms with Crippen molar-refractivity contribution in [2.75, 3.05) is 0 Å². The van der Waals surface area contributed by atoms with Gasteiger partial charge in [-0.05, 0) is 64.4 Å². The van der Waals surface area contributed by atoms with Gasteiger partial charge in [0.25, 0.3) is 10.1 Å². The number of benzene rings is 2. The third kappa shape index (κ3) is 3.69. The van der Waals surface area contributed by atoms with Crippen molar-refractivity contribution in [2.24, 2.45) is 0 Å². The molecule has 4 rings (SSSR count). The molecule has 2 aromatic carbocycles. The topological polar surface area (TPSA) is 80.2 Å². The zero-order chi connectivity index (χ0) is 17.6. The molecule has 1 N–H and O–H groups in total. The molecule has 2 heterocycles. The van der Waals surface area contributed by atoms with E-state index in [9.17, 15) is 8.42 Å². The number of hydrogen-bond donors (Lipinski definition) is 1. The van der Waals surface area contributed by atoms with Crippen molar-refractivity contribution in [2.45, 2.75) is 20.5 Å². The van der Waals surface area contributed by atoms with Gasteiger partial charge in [-0.1, -0.05) is 6.07 Å². The third-order valence-electron chi connectivity index (χ3n) is 3.34. The van der Waals surface area contributed by atoms with Crippen LogP contribution in [0.3, 0.4) is 0 Å². The maximum atomic E-state index is 11.2. The molecule has 0 atom stereocenters. The number of aromatic nitrogens is 2. The van der Waals surface area contributed by atoms with Crippen LogP contribution in [0, 0.1) is 6.92 Å². The molecule has 0 saturated heterocycles. The highest BCUT2D eigenvalue weighted by Crippen LogP contribution is 2.43. The van der Waals surface area contributed by atoms with Crippen molar-refractivity contribution in [1.82, 2.24) is 9.97 Å². The first-order valence-corrected chi connectivity index (χ1v) is 12.2. The van der Waals surface area contributed by atoms with Gasteiger partial charge in [0.1, 0.15) is 0 Å². The minimum Gasteiger partial charge on any atom is -0.282 e. The number of nitrogens with zero attached hydrogens (tertiary/aromatic N) is 2. The molecule has 0 radical (unpaired) electrons. The van der Waals surface area contributed by atoms with Crippen LogP contribution in [0.2, 0.25) is 0 Å². The summed E-state index contributed by atoms with van der Waals surface area (Å²) in [6.45, 7) is 2.04. The fraction of sp³-hybridized carbons (Fsp3) is 0.0667. The maximum Gasteiger partial charge on any atom is 0.294 e. The van der Waals surface area contributed by atoms with Crippen molar-refractivity contribution in [3.63, 3.8) is 0 Å². The minimum absolute atomic E-state index is 0.143. The molecule has 0 aliphatic carbocycles. The van der Waals surface area contributed by atoms with E-state index in [0.717, 1.165) is 23.6 Å². The normalized spacial score (nSPS) is 12.2. The highest BCUT2D eigenvalue weighted by Gasteiger charge is 2.13. The Kier molecular flexibility index (Phi) is 4.50. The summed E-state index contributed by atoms with van der Waals surface area (Å²) >= 11 is 3.11. The van der Waals surface area contributed by atoms with Gasteiger partial charge in [-0.3, -0.25) is 4.55 Å². The Morgan fingerprint density at radius 1 is 0.920 bits per heavy atom. The number of hydrogen-bond acceptors (Lipinski definition) is 8. The highest BCUT2D eigenvalue weighted by atomic mass is 33.1. The molecule has 0 aliphatic rings. The smallest absolute Gasteiger partial charge is 0.282 e. The second kappa shape index (κ2) is 6.53. The van der Waals surface area contributed by atoms with Crippen LogP contribution in [-0.4, -0.2) is 22.9 Å². The lowest BCUT2D eigenvalue weighted by molar-refractivity contribution is 0.483. The lowest BCUT2D eigenvalue weighted by Gasteiger charge is -1.94. The molecule has 5 nitrogen and oxygen atoms in total. The Balaban J connectivity index is 1.57. The van der Waals surface area contributed by atoms with E-state index in [4.69, 9.17) is 4.55 Å². The lowest BCUT2D eigenvalue weighted by atomic mass is 10.2. The average molecular weight is 427 g/mol. The van der Waals surface area contributed by atoms with Crippen LogP contribution in [0.25, 0.3) is 20.4 Å². The first kappa shape index (κ1) is 17.3. The minimum atomic E-state index is -4.21. The van der Waals surface area contributed by atoms with E-state index in [-0.39, 0.29) is 4.90 Å². The fourth-order valence-corrected chi connectivity index (χ4v) is 7.16. The third-order valence-corrected chi connectivity index (χ3v) is 9.24. The van der Waals surface area contributed by atoms with Crippen molar-refractivity contribution in [1.29, 1.82) is 0 Å². The first-order chi connectivity index (χ1) is 11.9. The van der Waals surface area contributed by atoms with Crippen LogP contribution in [0.15, 0.2) is 50.0 Å². The van der Waals surface area contributed by atoms with Crippen LogP contribution < -0.4 is 0 Å². The van der Waals surface area contributed by atoms with Crippen molar-refractivity contribution < 1.29 is 13.0 Å². The van der Waals surface area contributed by atoms with E-state index in [0.29, 0.717) is 5.52 Å². The summed E-state index contributed by atoms with van der Waals surface area (Å²) in [6.07, 6.45) is 0. The lowest BCUT2D eigenvalue weighted by Crippen LogP contribution is -1.96. The van der Waals surface area contributed by atoms with E-state index in [1.165, 1.54) is 50.6 Å². The van der Waals surface area contributed by atoms with Gasteiger partial charge in [0.2, 0.25) is 0 Å². The Bertz CT molecular complexity index is 1200. The molecule has 0 bridgehead atoms. The molecule has 10 heteroatoms. The van der Waals surface area contributed by atoms with Crippen LogP contribution in [0.4, 0.5) is 0 Å². The molecule has 0 saturated carbocycles. The largest absolute Gasteiger partial charge is 0.294 e. The fourth-order valence-electron chi connectivity index (χ4n) is 2.21. The Labute approximate surface area is 159 Å². The van der Waals surface area contributed by atoms with Gasteiger partial charge in [0.05, 0.1) is 25.3 Å². The molecular formula is C15H10N2O3S5. The van der Waals surface area contributed by atoms with E-state index < -0.39 is 10.1 Å². The van der Waals surface area contributed by atoms with Gasteiger partial charge in [-0.15, -0.1) is 22.7 Å². The summed E-state index contributed by atoms with van der Waals surface area (Å²) in [7, 11) is -1.19. The first-order valence-electron chi connectivity index (χ1n) is 6.98. The Morgan fingerprint density at radius 3 is 2.08 bits per heavy atom. The van der Waals surface area contributed by atoms with E-state index in [1.54, 1.807) is 17.4 Å². The standard InChI is InChI=1S/C15H10N2O3S5/c1-8-2-4-12-10(6-8)16-14(21-12)23-24-15-17-11-7-9(25(18,19)20)3-5-13(11)22-15/h2-7H,1H3,(H,18,19,20). The molecule has 2 aromatic heterocycles. The van der Waals surface area contributed by atoms with E-state index in [2.05, 4.69) is 28.2 Å². The molecule has 128 valence electrons. The molecule has 4 aromatic rings. The number of fused-ring (bicyclic) bond motifs is 2. The Hall–Kier alpha value is -1.17.